The molecule has 1 aliphatic heterocycles. The van der Waals surface area contributed by atoms with Crippen molar-refractivity contribution in [3.8, 4) is 0 Å². The van der Waals surface area contributed by atoms with E-state index < -0.39 is 11.5 Å². The Labute approximate surface area is 178 Å². The molecular formula is C25H31N3O2. The highest BCUT2D eigenvalue weighted by Gasteiger charge is 2.65. The Kier molecular flexibility index (Phi) is 4.34. The van der Waals surface area contributed by atoms with Crippen molar-refractivity contribution in [1.29, 1.82) is 0 Å². The third-order valence-electron chi connectivity index (χ3n) is 8.01. The number of aromatic nitrogens is 2. The number of fused-ring (bicyclic) bond motifs is 1. The second kappa shape index (κ2) is 6.61. The van der Waals surface area contributed by atoms with E-state index in [2.05, 4.69) is 44.3 Å². The van der Waals surface area contributed by atoms with Gasteiger partial charge in [-0.1, -0.05) is 30.7 Å². The maximum absolute atomic E-state index is 12.9. The molecule has 2 aromatic rings. The first-order valence-electron chi connectivity index (χ1n) is 11.2. The Hall–Kier alpha value is -2.27. The molecule has 2 aliphatic carbocycles. The summed E-state index contributed by atoms with van der Waals surface area (Å²) in [4.78, 5) is 22.6. The third kappa shape index (κ3) is 2.60. The molecule has 5 heteroatoms. The summed E-state index contributed by atoms with van der Waals surface area (Å²) in [5.41, 5.74) is 5.24. The smallest absolute Gasteiger partial charge is 0.330 e. The van der Waals surface area contributed by atoms with Crippen LogP contribution in [0.15, 0.2) is 18.2 Å². The van der Waals surface area contributed by atoms with E-state index in [1.165, 1.54) is 16.7 Å². The Bertz CT molecular complexity index is 1040. The summed E-state index contributed by atoms with van der Waals surface area (Å²) >= 11 is 0. The van der Waals surface area contributed by atoms with Gasteiger partial charge >= 0.3 is 5.97 Å². The van der Waals surface area contributed by atoms with E-state index in [0.29, 0.717) is 11.7 Å². The molecule has 0 amide bonds. The zero-order valence-electron chi connectivity index (χ0n) is 18.4. The molecule has 0 bridgehead atoms. The first-order valence-corrected chi connectivity index (χ1v) is 11.2. The van der Waals surface area contributed by atoms with Crippen LogP contribution >= 0.6 is 0 Å². The van der Waals surface area contributed by atoms with Gasteiger partial charge in [-0.25, -0.2) is 14.8 Å². The molecule has 0 radical (unpaired) electrons. The van der Waals surface area contributed by atoms with Crippen LogP contribution in [0, 0.1) is 32.1 Å². The summed E-state index contributed by atoms with van der Waals surface area (Å²) in [7, 11) is 0. The van der Waals surface area contributed by atoms with Gasteiger partial charge in [0.05, 0.1) is 11.4 Å². The van der Waals surface area contributed by atoms with Crippen LogP contribution in [-0.4, -0.2) is 27.6 Å². The number of carbonyl (C=O) groups is 1. The molecule has 5 nitrogen and oxygen atoms in total. The molecule has 1 aromatic heterocycles. The molecule has 1 saturated heterocycles. The Morgan fingerprint density at radius 1 is 1.17 bits per heavy atom. The fraction of sp³-hybridized carbons (Fsp3) is 0.560. The van der Waals surface area contributed by atoms with Crippen molar-refractivity contribution in [3.05, 3.63) is 57.7 Å². The van der Waals surface area contributed by atoms with Gasteiger partial charge < -0.3 is 5.11 Å². The highest BCUT2D eigenvalue weighted by atomic mass is 16.4. The number of hydrogen-bond acceptors (Lipinski definition) is 4. The molecule has 2 heterocycles. The van der Waals surface area contributed by atoms with Crippen molar-refractivity contribution in [2.75, 3.05) is 6.54 Å². The van der Waals surface area contributed by atoms with E-state index in [0.717, 1.165) is 55.6 Å². The number of carboxylic acids is 1. The van der Waals surface area contributed by atoms with Crippen molar-refractivity contribution < 1.29 is 9.90 Å². The maximum atomic E-state index is 12.9. The topological polar surface area (TPSA) is 75.1 Å². The fourth-order valence-corrected chi connectivity index (χ4v) is 6.31. The van der Waals surface area contributed by atoms with Gasteiger partial charge in [-0.15, -0.1) is 0 Å². The maximum Gasteiger partial charge on any atom is 0.330 e. The average molecular weight is 406 g/mol. The second-order valence-corrected chi connectivity index (χ2v) is 9.86. The van der Waals surface area contributed by atoms with Crippen LogP contribution in [0.2, 0.25) is 0 Å². The zero-order chi connectivity index (χ0) is 21.3. The van der Waals surface area contributed by atoms with E-state index in [1.807, 2.05) is 6.92 Å². The first kappa shape index (κ1) is 19.7. The molecule has 2 fully saturated rings. The van der Waals surface area contributed by atoms with Crippen LogP contribution in [0.1, 0.15) is 78.0 Å². The standard InChI is InChI=1S/C25H31N3O2/c1-14-5-8-18(15(2)13-14)19-9-10-20-21(19)27-16(3)28-22(20)25(23(29)30)24(4,11-12-26-25)17-6-7-17/h5,8,13,17,19,26H,6-7,9-12H2,1-4H3,(H,29,30)/t19?,24?,25-/m1/s1. The van der Waals surface area contributed by atoms with Crippen molar-refractivity contribution in [2.45, 2.75) is 71.3 Å². The molecule has 1 aromatic carbocycles. The largest absolute Gasteiger partial charge is 0.480 e. The summed E-state index contributed by atoms with van der Waals surface area (Å²) in [6.07, 6.45) is 4.90. The molecule has 1 saturated carbocycles. The summed E-state index contributed by atoms with van der Waals surface area (Å²) in [6, 6.07) is 6.61. The van der Waals surface area contributed by atoms with Crippen molar-refractivity contribution in [1.82, 2.24) is 15.3 Å². The molecule has 2 unspecified atom stereocenters. The van der Waals surface area contributed by atoms with E-state index in [1.54, 1.807) is 0 Å². The van der Waals surface area contributed by atoms with Crippen LogP contribution in [0.3, 0.4) is 0 Å². The highest BCUT2D eigenvalue weighted by molar-refractivity contribution is 5.83. The molecule has 30 heavy (non-hydrogen) atoms. The minimum Gasteiger partial charge on any atom is -0.480 e. The first-order chi connectivity index (χ1) is 14.3. The van der Waals surface area contributed by atoms with Crippen LogP contribution in [0.25, 0.3) is 0 Å². The number of aryl methyl sites for hydroxylation is 3. The monoisotopic (exact) mass is 405 g/mol. The lowest BCUT2D eigenvalue weighted by atomic mass is 9.65. The van der Waals surface area contributed by atoms with E-state index in [4.69, 9.17) is 9.97 Å². The molecule has 158 valence electrons. The number of hydrogen-bond donors (Lipinski definition) is 2. The quantitative estimate of drug-likeness (QED) is 0.799. The van der Waals surface area contributed by atoms with Crippen LogP contribution in [0.5, 0.6) is 0 Å². The summed E-state index contributed by atoms with van der Waals surface area (Å²) in [6.45, 7) is 9.07. The second-order valence-electron chi connectivity index (χ2n) is 9.86. The predicted octanol–water partition coefficient (Wildman–Crippen LogP) is 4.17. The molecular weight excluding hydrogens is 374 g/mol. The predicted molar refractivity (Wildman–Crippen MR) is 116 cm³/mol. The summed E-state index contributed by atoms with van der Waals surface area (Å²) in [5.74, 6) is 0.545. The minimum atomic E-state index is -1.12. The van der Waals surface area contributed by atoms with Gasteiger partial charge in [0.15, 0.2) is 5.54 Å². The number of carboxylic acid groups (broad SMARTS) is 1. The van der Waals surface area contributed by atoms with Crippen LogP contribution < -0.4 is 5.32 Å². The average Bonchev–Trinajstić information content (AvgIpc) is 3.37. The Morgan fingerprint density at radius 3 is 2.60 bits per heavy atom. The van der Waals surface area contributed by atoms with Gasteiger partial charge in [0, 0.05) is 11.3 Å². The third-order valence-corrected chi connectivity index (χ3v) is 8.01. The lowest BCUT2D eigenvalue weighted by Gasteiger charge is -2.41. The number of nitrogens with one attached hydrogen (secondary N) is 1. The number of benzene rings is 1. The van der Waals surface area contributed by atoms with E-state index >= 15 is 0 Å². The number of rotatable bonds is 4. The summed E-state index contributed by atoms with van der Waals surface area (Å²) < 4.78 is 0. The fourth-order valence-electron chi connectivity index (χ4n) is 6.31. The SMILES string of the molecule is Cc1ccc(C2CCc3c2nc(C)nc3[C@]2(C(=O)O)NCCC2(C)C2CC2)c(C)c1. The van der Waals surface area contributed by atoms with Crippen molar-refractivity contribution in [2.24, 2.45) is 11.3 Å². The van der Waals surface area contributed by atoms with Gasteiger partial charge in [-0.05, 0) is 82.0 Å². The lowest BCUT2D eigenvalue weighted by molar-refractivity contribution is -0.150. The molecule has 5 rings (SSSR count). The zero-order valence-corrected chi connectivity index (χ0v) is 18.4. The number of nitrogens with zero attached hydrogens (tertiary/aromatic N) is 2. The van der Waals surface area contributed by atoms with Gasteiger partial charge in [-0.2, -0.15) is 0 Å². The van der Waals surface area contributed by atoms with Gasteiger partial charge in [0.1, 0.15) is 5.82 Å². The Balaban J connectivity index is 1.69. The minimum absolute atomic E-state index is 0.209. The molecule has 0 spiro atoms. The van der Waals surface area contributed by atoms with Gasteiger partial charge in [0.2, 0.25) is 0 Å². The normalized spacial score (nSPS) is 30.5. The summed E-state index contributed by atoms with van der Waals surface area (Å²) in [5, 5.41) is 14.0. The van der Waals surface area contributed by atoms with Gasteiger partial charge in [0.25, 0.3) is 0 Å². The number of aliphatic carboxylic acids is 1. The van der Waals surface area contributed by atoms with Crippen molar-refractivity contribution in [3.63, 3.8) is 0 Å². The lowest BCUT2D eigenvalue weighted by Crippen LogP contribution is -2.56. The molecule has 3 aliphatic rings. The van der Waals surface area contributed by atoms with Crippen LogP contribution in [-0.2, 0) is 16.8 Å². The molecule has 3 atom stereocenters. The Morgan fingerprint density at radius 2 is 1.93 bits per heavy atom. The van der Waals surface area contributed by atoms with Gasteiger partial charge in [-0.3, -0.25) is 5.32 Å². The molecule has 2 N–H and O–H groups in total. The van der Waals surface area contributed by atoms with Crippen molar-refractivity contribution >= 4 is 5.97 Å². The van der Waals surface area contributed by atoms with E-state index in [9.17, 15) is 9.90 Å². The highest BCUT2D eigenvalue weighted by Crippen LogP contribution is 2.60. The van der Waals surface area contributed by atoms with Crippen LogP contribution in [0.4, 0.5) is 0 Å². The van der Waals surface area contributed by atoms with E-state index in [-0.39, 0.29) is 11.3 Å².